The molecule has 2 heterocycles. The molecule has 0 radical (unpaired) electrons. The van der Waals surface area contributed by atoms with Crippen molar-refractivity contribution in [1.29, 1.82) is 0 Å². The quantitative estimate of drug-likeness (QED) is 0.874. The zero-order valence-corrected chi connectivity index (χ0v) is 14.2. The highest BCUT2D eigenvalue weighted by Gasteiger charge is 2.16. The summed E-state index contributed by atoms with van der Waals surface area (Å²) in [5.41, 5.74) is 5.72. The number of carbonyl (C=O) groups excluding carboxylic acids is 1. The maximum absolute atomic E-state index is 13.6. The molecular formula is C20H16F2N4O. The summed E-state index contributed by atoms with van der Waals surface area (Å²) in [6.45, 7) is 0.559. The molecule has 2 N–H and O–H groups in total. The molecule has 0 saturated heterocycles. The van der Waals surface area contributed by atoms with Gasteiger partial charge in [-0.15, -0.1) is 0 Å². The van der Waals surface area contributed by atoms with Crippen LogP contribution in [0.25, 0.3) is 5.57 Å². The minimum Gasteiger partial charge on any atom is -0.323 e. The second kappa shape index (κ2) is 7.13. The number of hydrazine groups is 1. The molecule has 136 valence electrons. The van der Waals surface area contributed by atoms with Gasteiger partial charge in [0.2, 0.25) is 5.91 Å². The van der Waals surface area contributed by atoms with Crippen LogP contribution in [-0.2, 0) is 11.2 Å². The average molecular weight is 366 g/mol. The van der Waals surface area contributed by atoms with Gasteiger partial charge in [0.05, 0.1) is 12.1 Å². The number of benzene rings is 2. The molecule has 7 heteroatoms. The van der Waals surface area contributed by atoms with Gasteiger partial charge in [0.1, 0.15) is 12.5 Å². The number of halogens is 2. The number of amides is 1. The zero-order chi connectivity index (χ0) is 18.8. The monoisotopic (exact) mass is 366 g/mol. The maximum Gasteiger partial charge on any atom is 0.228 e. The molecule has 2 aliphatic rings. The topological polar surface area (TPSA) is 56.7 Å². The fourth-order valence-corrected chi connectivity index (χ4v) is 2.91. The van der Waals surface area contributed by atoms with Gasteiger partial charge in [0, 0.05) is 6.20 Å². The molecule has 0 aliphatic carbocycles. The second-order valence-electron chi connectivity index (χ2n) is 6.14. The van der Waals surface area contributed by atoms with Crippen LogP contribution in [-0.4, -0.2) is 23.4 Å². The van der Waals surface area contributed by atoms with Gasteiger partial charge in [-0.3, -0.25) is 9.80 Å². The third-order valence-corrected chi connectivity index (χ3v) is 4.29. The van der Waals surface area contributed by atoms with Crippen molar-refractivity contribution in [2.75, 3.05) is 12.0 Å². The first-order valence-corrected chi connectivity index (χ1v) is 8.40. The Bertz CT molecular complexity index is 980. The minimum atomic E-state index is -1.06. The first-order chi connectivity index (χ1) is 13.1. The molecule has 0 aromatic heterocycles. The van der Waals surface area contributed by atoms with Gasteiger partial charge in [-0.1, -0.05) is 30.3 Å². The summed E-state index contributed by atoms with van der Waals surface area (Å²) < 4.78 is 26.8. The first kappa shape index (κ1) is 17.1. The summed E-state index contributed by atoms with van der Waals surface area (Å²) in [4.78, 5) is 16.4. The second-order valence-corrected chi connectivity index (χ2v) is 6.14. The molecule has 2 aromatic carbocycles. The van der Waals surface area contributed by atoms with E-state index in [0.29, 0.717) is 6.67 Å². The fourth-order valence-electron chi connectivity index (χ4n) is 2.91. The Balaban J connectivity index is 1.43. The SMILES string of the molecule is O=C(Cc1ccc(C2=CC3=NCNN3C=C2)cc1)Nc1cccc(F)c1F. The molecule has 0 unspecified atom stereocenters. The van der Waals surface area contributed by atoms with Crippen molar-refractivity contribution >= 4 is 23.0 Å². The lowest BCUT2D eigenvalue weighted by Gasteiger charge is -2.18. The molecule has 1 amide bonds. The summed E-state index contributed by atoms with van der Waals surface area (Å²) >= 11 is 0. The number of nitrogens with one attached hydrogen (secondary N) is 2. The summed E-state index contributed by atoms with van der Waals surface area (Å²) in [6.07, 6.45) is 5.94. The van der Waals surface area contributed by atoms with Crippen molar-refractivity contribution in [1.82, 2.24) is 10.4 Å². The van der Waals surface area contributed by atoms with Gasteiger partial charge in [-0.25, -0.2) is 19.2 Å². The lowest BCUT2D eigenvalue weighted by atomic mass is 10.0. The molecule has 2 aliphatic heterocycles. The van der Waals surface area contributed by atoms with Crippen LogP contribution in [0.5, 0.6) is 0 Å². The van der Waals surface area contributed by atoms with Crippen molar-refractivity contribution in [3.05, 3.63) is 83.6 Å². The largest absolute Gasteiger partial charge is 0.323 e. The fraction of sp³-hybridized carbons (Fsp3) is 0.100. The highest BCUT2D eigenvalue weighted by molar-refractivity contribution is 6.04. The van der Waals surface area contributed by atoms with Gasteiger partial charge in [-0.05, 0) is 41.0 Å². The zero-order valence-electron chi connectivity index (χ0n) is 14.2. The number of anilines is 1. The van der Waals surface area contributed by atoms with Crippen LogP contribution in [0.4, 0.5) is 14.5 Å². The van der Waals surface area contributed by atoms with E-state index in [9.17, 15) is 13.6 Å². The Kier molecular flexibility index (Phi) is 4.52. The van der Waals surface area contributed by atoms with E-state index in [2.05, 4.69) is 15.7 Å². The van der Waals surface area contributed by atoms with Gasteiger partial charge >= 0.3 is 0 Å². The highest BCUT2D eigenvalue weighted by Crippen LogP contribution is 2.22. The van der Waals surface area contributed by atoms with E-state index >= 15 is 0 Å². The van der Waals surface area contributed by atoms with Gasteiger partial charge < -0.3 is 5.32 Å². The number of carbonyl (C=O) groups is 1. The molecule has 0 saturated carbocycles. The first-order valence-electron chi connectivity index (χ1n) is 8.40. The lowest BCUT2D eigenvalue weighted by Crippen LogP contribution is -2.32. The van der Waals surface area contributed by atoms with E-state index in [1.165, 1.54) is 12.1 Å². The molecule has 4 rings (SSSR count). The van der Waals surface area contributed by atoms with Gasteiger partial charge in [0.25, 0.3) is 0 Å². The minimum absolute atomic E-state index is 0.0650. The standard InChI is InChI=1S/C20H16F2N4O/c21-16-2-1-3-17(20(16)22)25-19(27)10-13-4-6-14(7-5-13)15-8-9-26-18(11-15)23-12-24-26/h1-9,11,24H,10,12H2,(H,25,27). The van der Waals surface area contributed by atoms with E-state index in [1.807, 2.05) is 47.6 Å². The number of allylic oxidation sites excluding steroid dienone is 2. The van der Waals surface area contributed by atoms with Crippen LogP contribution in [0, 0.1) is 11.6 Å². The maximum atomic E-state index is 13.6. The molecule has 2 aromatic rings. The number of aliphatic imine (C=N–C) groups is 1. The van der Waals surface area contributed by atoms with Crippen molar-refractivity contribution in [3.63, 3.8) is 0 Å². The van der Waals surface area contributed by atoms with Crippen molar-refractivity contribution in [3.8, 4) is 0 Å². The van der Waals surface area contributed by atoms with Gasteiger partial charge in [-0.2, -0.15) is 0 Å². The van der Waals surface area contributed by atoms with Crippen molar-refractivity contribution < 1.29 is 13.6 Å². The number of nitrogens with zero attached hydrogens (tertiary/aromatic N) is 2. The molecule has 0 bridgehead atoms. The molecule has 0 atom stereocenters. The predicted molar refractivity (Wildman–Crippen MR) is 99.5 cm³/mol. The third kappa shape index (κ3) is 3.63. The van der Waals surface area contributed by atoms with Crippen molar-refractivity contribution in [2.45, 2.75) is 6.42 Å². The normalized spacial score (nSPS) is 15.3. The van der Waals surface area contributed by atoms with Crippen LogP contribution >= 0.6 is 0 Å². The molecule has 0 spiro atoms. The number of rotatable bonds is 4. The third-order valence-electron chi connectivity index (χ3n) is 4.29. The lowest BCUT2D eigenvalue weighted by molar-refractivity contribution is -0.115. The summed E-state index contributed by atoms with van der Waals surface area (Å²) in [5, 5.41) is 4.25. The van der Waals surface area contributed by atoms with Crippen LogP contribution < -0.4 is 10.7 Å². The number of fused-ring (bicyclic) bond motifs is 1. The molecule has 0 fully saturated rings. The highest BCUT2D eigenvalue weighted by atomic mass is 19.2. The molecule has 27 heavy (non-hydrogen) atoms. The average Bonchev–Trinajstić information content (AvgIpc) is 3.14. The van der Waals surface area contributed by atoms with Crippen LogP contribution in [0.15, 0.2) is 65.8 Å². The Morgan fingerprint density at radius 2 is 2.00 bits per heavy atom. The van der Waals surface area contributed by atoms with Gasteiger partial charge in [0.15, 0.2) is 11.6 Å². The Morgan fingerprint density at radius 1 is 1.19 bits per heavy atom. The predicted octanol–water partition coefficient (Wildman–Crippen LogP) is 3.23. The van der Waals surface area contributed by atoms with E-state index in [4.69, 9.17) is 0 Å². The smallest absolute Gasteiger partial charge is 0.228 e. The number of amidine groups is 1. The Hall–Kier alpha value is -3.32. The van der Waals surface area contributed by atoms with E-state index < -0.39 is 17.5 Å². The van der Waals surface area contributed by atoms with Crippen LogP contribution in [0.2, 0.25) is 0 Å². The van der Waals surface area contributed by atoms with Crippen LogP contribution in [0.1, 0.15) is 11.1 Å². The molecule has 5 nitrogen and oxygen atoms in total. The summed E-state index contributed by atoms with van der Waals surface area (Å²) in [5.74, 6) is -1.61. The molecular weight excluding hydrogens is 350 g/mol. The van der Waals surface area contributed by atoms with Crippen LogP contribution in [0.3, 0.4) is 0 Å². The van der Waals surface area contributed by atoms with Crippen molar-refractivity contribution in [2.24, 2.45) is 4.99 Å². The Labute approximate surface area is 154 Å². The summed E-state index contributed by atoms with van der Waals surface area (Å²) in [7, 11) is 0. The summed E-state index contributed by atoms with van der Waals surface area (Å²) in [6, 6.07) is 11.2. The number of hydrogen-bond donors (Lipinski definition) is 2. The van der Waals surface area contributed by atoms with E-state index in [1.54, 1.807) is 0 Å². The van der Waals surface area contributed by atoms with E-state index in [-0.39, 0.29) is 12.1 Å². The van der Waals surface area contributed by atoms with E-state index in [0.717, 1.165) is 28.6 Å². The Morgan fingerprint density at radius 3 is 2.81 bits per heavy atom. The number of hydrogen-bond acceptors (Lipinski definition) is 4.